The van der Waals surface area contributed by atoms with E-state index in [4.69, 9.17) is 4.74 Å². The zero-order valence-corrected chi connectivity index (χ0v) is 10.8. The third kappa shape index (κ3) is 3.40. The number of nitrogens with one attached hydrogen (secondary N) is 1. The summed E-state index contributed by atoms with van der Waals surface area (Å²) in [6.45, 7) is 3.66. The van der Waals surface area contributed by atoms with Crippen LogP contribution in [-0.4, -0.2) is 49.2 Å². The first-order valence-electron chi connectivity index (χ1n) is 6.26. The zero-order chi connectivity index (χ0) is 14.5. The van der Waals surface area contributed by atoms with Gasteiger partial charge in [0.1, 0.15) is 0 Å². The summed E-state index contributed by atoms with van der Waals surface area (Å²) in [5.41, 5.74) is -0.867. The minimum absolute atomic E-state index is 0.293. The predicted molar refractivity (Wildman–Crippen MR) is 68.8 cm³/mol. The molecule has 1 aromatic carbocycles. The Balaban J connectivity index is 2.00. The molecule has 0 amide bonds. The Kier molecular flexibility index (Phi) is 4.80. The van der Waals surface area contributed by atoms with Crippen LogP contribution in [0.4, 0.5) is 20.2 Å². The maximum atomic E-state index is 13.6. The molecule has 0 spiro atoms. The van der Waals surface area contributed by atoms with Gasteiger partial charge in [-0.3, -0.25) is 15.0 Å². The van der Waals surface area contributed by atoms with Crippen LogP contribution < -0.4 is 5.32 Å². The Morgan fingerprint density at radius 3 is 2.70 bits per heavy atom. The van der Waals surface area contributed by atoms with Gasteiger partial charge in [-0.1, -0.05) is 0 Å². The lowest BCUT2D eigenvalue weighted by Gasteiger charge is -2.26. The average molecular weight is 287 g/mol. The number of nitro groups is 1. The molecule has 1 aliphatic heterocycles. The highest BCUT2D eigenvalue weighted by Crippen LogP contribution is 2.28. The highest BCUT2D eigenvalue weighted by Gasteiger charge is 2.21. The van der Waals surface area contributed by atoms with Crippen molar-refractivity contribution in [3.8, 4) is 0 Å². The van der Waals surface area contributed by atoms with Crippen molar-refractivity contribution < 1.29 is 18.4 Å². The van der Waals surface area contributed by atoms with Gasteiger partial charge in [-0.25, -0.2) is 8.78 Å². The fraction of sp³-hybridized carbons (Fsp3) is 0.500. The molecule has 0 radical (unpaired) electrons. The van der Waals surface area contributed by atoms with Crippen molar-refractivity contribution in [3.05, 3.63) is 33.9 Å². The molecule has 0 unspecified atom stereocenters. The number of nitro benzene ring substituents is 1. The van der Waals surface area contributed by atoms with Crippen LogP contribution >= 0.6 is 0 Å². The van der Waals surface area contributed by atoms with Crippen molar-refractivity contribution in [2.24, 2.45) is 0 Å². The largest absolute Gasteiger partial charge is 0.379 e. The predicted octanol–water partition coefficient (Wildman–Crippen LogP) is 1.62. The molecule has 1 fully saturated rings. The Bertz CT molecular complexity index is 493. The Labute approximate surface area is 114 Å². The quantitative estimate of drug-likeness (QED) is 0.658. The maximum absolute atomic E-state index is 13.6. The third-order valence-corrected chi connectivity index (χ3v) is 3.10. The van der Waals surface area contributed by atoms with Crippen LogP contribution in [0.3, 0.4) is 0 Å². The summed E-state index contributed by atoms with van der Waals surface area (Å²) >= 11 is 0. The van der Waals surface area contributed by atoms with Gasteiger partial charge in [0.15, 0.2) is 17.3 Å². The molecule has 1 saturated heterocycles. The first kappa shape index (κ1) is 14.6. The Morgan fingerprint density at radius 2 is 2.05 bits per heavy atom. The zero-order valence-electron chi connectivity index (χ0n) is 10.8. The molecule has 1 N–H and O–H groups in total. The van der Waals surface area contributed by atoms with Gasteiger partial charge in [0.05, 0.1) is 18.1 Å². The first-order chi connectivity index (χ1) is 9.59. The lowest BCUT2D eigenvalue weighted by atomic mass is 10.2. The molecule has 1 heterocycles. The molecule has 0 saturated carbocycles. The van der Waals surface area contributed by atoms with E-state index in [-0.39, 0.29) is 0 Å². The fourth-order valence-corrected chi connectivity index (χ4v) is 2.02. The van der Waals surface area contributed by atoms with Crippen molar-refractivity contribution >= 4 is 11.4 Å². The highest BCUT2D eigenvalue weighted by molar-refractivity contribution is 5.62. The van der Waals surface area contributed by atoms with Gasteiger partial charge in [-0.15, -0.1) is 0 Å². The molecule has 0 aliphatic carbocycles. The van der Waals surface area contributed by atoms with E-state index in [0.29, 0.717) is 26.3 Å². The van der Waals surface area contributed by atoms with Gasteiger partial charge in [0.25, 0.3) is 5.69 Å². The number of anilines is 1. The van der Waals surface area contributed by atoms with Crippen LogP contribution in [0.1, 0.15) is 0 Å². The minimum Gasteiger partial charge on any atom is -0.379 e. The molecular weight excluding hydrogens is 272 g/mol. The summed E-state index contributed by atoms with van der Waals surface area (Å²) in [4.78, 5) is 12.1. The summed E-state index contributed by atoms with van der Waals surface area (Å²) in [5.74, 6) is -2.33. The minimum atomic E-state index is -1.22. The number of ether oxygens (including phenoxy) is 1. The SMILES string of the molecule is O=[N+]([O-])c1ccc(F)c(F)c1NCCN1CCOCC1. The van der Waals surface area contributed by atoms with Crippen LogP contribution in [0, 0.1) is 21.7 Å². The van der Waals surface area contributed by atoms with Crippen LogP contribution in [0.25, 0.3) is 0 Å². The third-order valence-electron chi connectivity index (χ3n) is 3.10. The van der Waals surface area contributed by atoms with E-state index in [1.807, 2.05) is 0 Å². The van der Waals surface area contributed by atoms with Crippen LogP contribution in [0.15, 0.2) is 12.1 Å². The number of hydrogen-bond donors (Lipinski definition) is 1. The van der Waals surface area contributed by atoms with E-state index < -0.39 is 27.9 Å². The molecule has 6 nitrogen and oxygen atoms in total. The summed E-state index contributed by atoms with van der Waals surface area (Å²) in [6.07, 6.45) is 0. The Morgan fingerprint density at radius 1 is 1.35 bits per heavy atom. The molecule has 2 rings (SSSR count). The topological polar surface area (TPSA) is 67.6 Å². The number of halogens is 2. The van der Waals surface area contributed by atoms with E-state index in [2.05, 4.69) is 10.2 Å². The van der Waals surface area contributed by atoms with Gasteiger partial charge in [0.2, 0.25) is 0 Å². The summed E-state index contributed by atoms with van der Waals surface area (Å²) in [7, 11) is 0. The lowest BCUT2D eigenvalue weighted by molar-refractivity contribution is -0.384. The lowest BCUT2D eigenvalue weighted by Crippen LogP contribution is -2.39. The standard InChI is InChI=1S/C12H15F2N3O3/c13-9-1-2-10(17(18)19)12(11(9)14)15-3-4-16-5-7-20-8-6-16/h1-2,15H,3-8H2. The van der Waals surface area contributed by atoms with Crippen molar-refractivity contribution in [1.29, 1.82) is 0 Å². The van der Waals surface area contributed by atoms with Crippen molar-refractivity contribution in [3.63, 3.8) is 0 Å². The van der Waals surface area contributed by atoms with E-state index in [1.165, 1.54) is 0 Å². The Hall–Kier alpha value is -1.80. The first-order valence-corrected chi connectivity index (χ1v) is 6.26. The van der Waals surface area contributed by atoms with Crippen LogP contribution in [-0.2, 0) is 4.74 Å². The number of nitrogens with zero attached hydrogens (tertiary/aromatic N) is 2. The highest BCUT2D eigenvalue weighted by atomic mass is 19.2. The van der Waals surface area contributed by atoms with Crippen molar-refractivity contribution in [1.82, 2.24) is 4.90 Å². The molecule has 0 atom stereocenters. The van der Waals surface area contributed by atoms with E-state index in [1.54, 1.807) is 0 Å². The molecule has 1 aliphatic rings. The smallest absolute Gasteiger partial charge is 0.295 e. The molecule has 1 aromatic rings. The van der Waals surface area contributed by atoms with Crippen LogP contribution in [0.5, 0.6) is 0 Å². The van der Waals surface area contributed by atoms with Gasteiger partial charge >= 0.3 is 0 Å². The number of morpholine rings is 1. The number of hydrogen-bond acceptors (Lipinski definition) is 5. The molecule has 0 bridgehead atoms. The summed E-state index contributed by atoms with van der Waals surface area (Å²) in [6, 6.07) is 1.70. The van der Waals surface area contributed by atoms with Gasteiger partial charge in [-0.2, -0.15) is 0 Å². The van der Waals surface area contributed by atoms with Crippen molar-refractivity contribution in [2.45, 2.75) is 0 Å². The molecule has 8 heteroatoms. The second kappa shape index (κ2) is 6.58. The number of benzene rings is 1. The molecule has 0 aromatic heterocycles. The van der Waals surface area contributed by atoms with E-state index >= 15 is 0 Å². The number of rotatable bonds is 5. The average Bonchev–Trinajstić information content (AvgIpc) is 2.44. The second-order valence-electron chi connectivity index (χ2n) is 4.39. The normalized spacial score (nSPS) is 16.1. The maximum Gasteiger partial charge on any atom is 0.295 e. The van der Waals surface area contributed by atoms with E-state index in [9.17, 15) is 18.9 Å². The second-order valence-corrected chi connectivity index (χ2v) is 4.39. The molecule has 110 valence electrons. The monoisotopic (exact) mass is 287 g/mol. The van der Waals surface area contributed by atoms with Crippen LogP contribution in [0.2, 0.25) is 0 Å². The van der Waals surface area contributed by atoms with Gasteiger partial charge < -0.3 is 10.1 Å². The van der Waals surface area contributed by atoms with E-state index in [0.717, 1.165) is 25.2 Å². The van der Waals surface area contributed by atoms with Gasteiger partial charge in [0, 0.05) is 32.2 Å². The fourth-order valence-electron chi connectivity index (χ4n) is 2.02. The van der Waals surface area contributed by atoms with Crippen molar-refractivity contribution in [2.75, 3.05) is 44.7 Å². The molecule has 20 heavy (non-hydrogen) atoms. The summed E-state index contributed by atoms with van der Waals surface area (Å²) in [5, 5.41) is 13.4. The summed E-state index contributed by atoms with van der Waals surface area (Å²) < 4.78 is 31.9. The van der Waals surface area contributed by atoms with Gasteiger partial charge in [-0.05, 0) is 6.07 Å². The molecular formula is C12H15F2N3O3.